The normalized spacial score (nSPS) is 16.4. The Morgan fingerprint density at radius 3 is 2.71 bits per heavy atom. The maximum atomic E-state index is 10.6. The summed E-state index contributed by atoms with van der Waals surface area (Å²) in [5, 5.41) is 10.6. The summed E-state index contributed by atoms with van der Waals surface area (Å²) in [6.07, 6.45) is 7.76. The predicted molar refractivity (Wildman–Crippen MR) is 67.6 cm³/mol. The lowest BCUT2D eigenvalue weighted by atomic mass is 10.1. The summed E-state index contributed by atoms with van der Waals surface area (Å²) >= 11 is 0. The lowest BCUT2D eigenvalue weighted by Crippen LogP contribution is -2.23. The molecule has 1 fully saturated rings. The molecule has 17 heavy (non-hydrogen) atoms. The molecular formula is C13H16N2O2. The third-order valence-corrected chi connectivity index (χ3v) is 2.95. The Morgan fingerprint density at radius 2 is 2.00 bits per heavy atom. The van der Waals surface area contributed by atoms with Gasteiger partial charge in [0.05, 0.1) is 4.92 Å². The van der Waals surface area contributed by atoms with Gasteiger partial charge in [-0.15, -0.1) is 0 Å². The lowest BCUT2D eigenvalue weighted by molar-refractivity contribution is -0.384. The molecule has 0 radical (unpaired) electrons. The average molecular weight is 232 g/mol. The Hall–Kier alpha value is -1.84. The fourth-order valence-corrected chi connectivity index (χ4v) is 2.00. The van der Waals surface area contributed by atoms with Crippen LogP contribution in [0.5, 0.6) is 0 Å². The van der Waals surface area contributed by atoms with Gasteiger partial charge in [0.1, 0.15) is 0 Å². The Morgan fingerprint density at radius 1 is 1.24 bits per heavy atom. The van der Waals surface area contributed by atoms with Crippen LogP contribution in [0.3, 0.4) is 0 Å². The first kappa shape index (κ1) is 11.6. The van der Waals surface area contributed by atoms with Crippen LogP contribution >= 0.6 is 0 Å². The molecule has 0 atom stereocenters. The van der Waals surface area contributed by atoms with Gasteiger partial charge >= 0.3 is 0 Å². The first-order valence-corrected chi connectivity index (χ1v) is 5.92. The third kappa shape index (κ3) is 3.31. The molecule has 2 rings (SSSR count). The zero-order chi connectivity index (χ0) is 12.1. The molecule has 4 heteroatoms. The number of hydrogen-bond acceptors (Lipinski definition) is 3. The van der Waals surface area contributed by atoms with E-state index in [4.69, 9.17) is 0 Å². The van der Waals surface area contributed by atoms with E-state index in [1.54, 1.807) is 12.1 Å². The number of rotatable bonds is 3. The molecule has 4 nitrogen and oxygen atoms in total. The topological polar surface area (TPSA) is 46.4 Å². The Labute approximate surface area is 101 Å². The fourth-order valence-electron chi connectivity index (χ4n) is 2.00. The molecular weight excluding hydrogens is 216 g/mol. The largest absolute Gasteiger partial charge is 0.377 e. The number of benzene rings is 1. The van der Waals surface area contributed by atoms with Gasteiger partial charge in [0, 0.05) is 25.2 Å². The summed E-state index contributed by atoms with van der Waals surface area (Å²) in [4.78, 5) is 12.5. The molecule has 90 valence electrons. The molecule has 1 aliphatic rings. The Bertz CT molecular complexity index is 423. The van der Waals surface area contributed by atoms with Crippen LogP contribution in [0.15, 0.2) is 30.5 Å². The molecule has 0 bridgehead atoms. The monoisotopic (exact) mass is 232 g/mol. The minimum atomic E-state index is -0.363. The standard InChI is InChI=1S/C13H16N2O2/c16-15(17)13-6-4-5-12(11-13)7-10-14-8-2-1-3-9-14/h4-7,10-11H,1-3,8-9H2/b10-7+. The molecule has 1 saturated heterocycles. The molecule has 1 aliphatic heterocycles. The number of piperidine rings is 1. The maximum Gasteiger partial charge on any atom is 0.270 e. The van der Waals surface area contributed by atoms with Gasteiger partial charge in [-0.05, 0) is 37.1 Å². The number of nitro benzene ring substituents is 1. The van der Waals surface area contributed by atoms with E-state index >= 15 is 0 Å². The SMILES string of the molecule is O=[N+]([O-])c1cccc(/C=C/N2CCCCC2)c1. The van der Waals surface area contributed by atoms with Crippen molar-refractivity contribution in [3.05, 3.63) is 46.1 Å². The zero-order valence-electron chi connectivity index (χ0n) is 9.71. The number of nitro groups is 1. The van der Waals surface area contributed by atoms with Crippen molar-refractivity contribution in [2.75, 3.05) is 13.1 Å². The molecule has 0 N–H and O–H groups in total. The second kappa shape index (κ2) is 5.48. The van der Waals surface area contributed by atoms with Crippen LogP contribution in [-0.4, -0.2) is 22.9 Å². The molecule has 0 unspecified atom stereocenters. The summed E-state index contributed by atoms with van der Waals surface area (Å²) in [5.41, 5.74) is 1.02. The van der Waals surface area contributed by atoms with E-state index in [-0.39, 0.29) is 10.6 Å². The Kier molecular flexibility index (Phi) is 3.75. The van der Waals surface area contributed by atoms with E-state index < -0.39 is 0 Å². The van der Waals surface area contributed by atoms with Gasteiger partial charge in [0.25, 0.3) is 5.69 Å². The molecule has 0 aromatic heterocycles. The summed E-state index contributed by atoms with van der Waals surface area (Å²) < 4.78 is 0. The highest BCUT2D eigenvalue weighted by Gasteiger charge is 2.06. The van der Waals surface area contributed by atoms with Crippen molar-refractivity contribution in [2.45, 2.75) is 19.3 Å². The fraction of sp³-hybridized carbons (Fsp3) is 0.385. The van der Waals surface area contributed by atoms with E-state index in [2.05, 4.69) is 4.90 Å². The minimum absolute atomic E-state index is 0.144. The molecule has 0 saturated carbocycles. The van der Waals surface area contributed by atoms with Crippen LogP contribution in [0.1, 0.15) is 24.8 Å². The van der Waals surface area contributed by atoms with Crippen LogP contribution in [-0.2, 0) is 0 Å². The van der Waals surface area contributed by atoms with Crippen LogP contribution < -0.4 is 0 Å². The molecule has 0 amide bonds. The van der Waals surface area contributed by atoms with Gasteiger partial charge in [-0.25, -0.2) is 0 Å². The quantitative estimate of drug-likeness (QED) is 0.594. The number of non-ortho nitro benzene ring substituents is 1. The van der Waals surface area contributed by atoms with Crippen LogP contribution in [0, 0.1) is 10.1 Å². The smallest absolute Gasteiger partial charge is 0.270 e. The van der Waals surface area contributed by atoms with E-state index in [0.717, 1.165) is 18.7 Å². The first-order chi connectivity index (χ1) is 8.25. The maximum absolute atomic E-state index is 10.6. The molecule has 1 aromatic rings. The van der Waals surface area contributed by atoms with Gasteiger partial charge in [0.15, 0.2) is 0 Å². The van der Waals surface area contributed by atoms with Crippen molar-refractivity contribution in [2.24, 2.45) is 0 Å². The highest BCUT2D eigenvalue weighted by atomic mass is 16.6. The van der Waals surface area contributed by atoms with Crippen molar-refractivity contribution in [3.8, 4) is 0 Å². The molecule has 0 spiro atoms. The van der Waals surface area contributed by atoms with Crippen LogP contribution in [0.2, 0.25) is 0 Å². The van der Waals surface area contributed by atoms with E-state index in [1.165, 1.54) is 25.3 Å². The van der Waals surface area contributed by atoms with Crippen molar-refractivity contribution in [3.63, 3.8) is 0 Å². The van der Waals surface area contributed by atoms with Crippen molar-refractivity contribution >= 4 is 11.8 Å². The zero-order valence-corrected chi connectivity index (χ0v) is 9.71. The summed E-state index contributed by atoms with van der Waals surface area (Å²) in [5.74, 6) is 0. The van der Waals surface area contributed by atoms with Crippen LogP contribution in [0.25, 0.3) is 6.08 Å². The second-order valence-corrected chi connectivity index (χ2v) is 4.26. The predicted octanol–water partition coefficient (Wildman–Crippen LogP) is 3.05. The van der Waals surface area contributed by atoms with Gasteiger partial charge in [-0.3, -0.25) is 10.1 Å². The van der Waals surface area contributed by atoms with Crippen molar-refractivity contribution in [1.82, 2.24) is 4.90 Å². The van der Waals surface area contributed by atoms with Gasteiger partial charge in [-0.1, -0.05) is 12.1 Å². The van der Waals surface area contributed by atoms with Crippen LogP contribution in [0.4, 0.5) is 5.69 Å². The number of likely N-dealkylation sites (tertiary alicyclic amines) is 1. The van der Waals surface area contributed by atoms with Gasteiger partial charge in [-0.2, -0.15) is 0 Å². The molecule has 1 aromatic carbocycles. The lowest BCUT2D eigenvalue weighted by Gasteiger charge is -2.24. The average Bonchev–Trinajstić information content (AvgIpc) is 2.38. The third-order valence-electron chi connectivity index (χ3n) is 2.95. The second-order valence-electron chi connectivity index (χ2n) is 4.26. The van der Waals surface area contributed by atoms with E-state index in [9.17, 15) is 10.1 Å². The van der Waals surface area contributed by atoms with Crippen molar-refractivity contribution in [1.29, 1.82) is 0 Å². The minimum Gasteiger partial charge on any atom is -0.377 e. The summed E-state index contributed by atoms with van der Waals surface area (Å²) in [6, 6.07) is 6.71. The van der Waals surface area contributed by atoms with Gasteiger partial charge in [0.2, 0.25) is 0 Å². The molecule has 1 heterocycles. The van der Waals surface area contributed by atoms with E-state index in [0.29, 0.717) is 0 Å². The highest BCUT2D eigenvalue weighted by molar-refractivity contribution is 5.53. The van der Waals surface area contributed by atoms with E-state index in [1.807, 2.05) is 18.3 Å². The summed E-state index contributed by atoms with van der Waals surface area (Å²) in [7, 11) is 0. The van der Waals surface area contributed by atoms with Gasteiger partial charge < -0.3 is 4.90 Å². The number of hydrogen-bond donors (Lipinski definition) is 0. The Balaban J connectivity index is 2.04. The highest BCUT2D eigenvalue weighted by Crippen LogP contribution is 2.15. The number of nitrogens with zero attached hydrogens (tertiary/aromatic N) is 2. The first-order valence-electron chi connectivity index (χ1n) is 5.92. The molecule has 0 aliphatic carbocycles. The van der Waals surface area contributed by atoms with Crippen molar-refractivity contribution < 1.29 is 4.92 Å². The summed E-state index contributed by atoms with van der Waals surface area (Å²) in [6.45, 7) is 2.18.